The van der Waals surface area contributed by atoms with Crippen molar-refractivity contribution in [2.45, 2.75) is 38.3 Å². The Morgan fingerprint density at radius 1 is 1.18 bits per heavy atom. The zero-order valence-corrected chi connectivity index (χ0v) is 17.2. The molecule has 0 aliphatic heterocycles. The van der Waals surface area contributed by atoms with Gasteiger partial charge in [0.15, 0.2) is 5.82 Å². The number of nitrogen functional groups attached to an aromatic ring is 1. The Kier molecular flexibility index (Phi) is 6.36. The van der Waals surface area contributed by atoms with Crippen molar-refractivity contribution >= 4 is 23.4 Å². The lowest BCUT2D eigenvalue weighted by Crippen LogP contribution is -2.17. The largest absolute Gasteiger partial charge is 0.335 e. The van der Waals surface area contributed by atoms with E-state index >= 15 is 0 Å². The van der Waals surface area contributed by atoms with Gasteiger partial charge in [0, 0.05) is 11.3 Å². The Balaban J connectivity index is 1.65. The summed E-state index contributed by atoms with van der Waals surface area (Å²) in [6.45, 7) is 6.32. The molecule has 146 valence electrons. The van der Waals surface area contributed by atoms with E-state index in [1.807, 2.05) is 49.4 Å². The number of carbonyl (C=O) groups is 1. The first-order chi connectivity index (χ1) is 13.5. The third kappa shape index (κ3) is 4.54. The molecule has 0 aliphatic rings. The van der Waals surface area contributed by atoms with Crippen LogP contribution in [0.15, 0.2) is 53.7 Å². The molecule has 1 aromatic heterocycles. The highest BCUT2D eigenvalue weighted by molar-refractivity contribution is 7.99. The molecular weight excluding hydrogens is 370 g/mol. The van der Waals surface area contributed by atoms with Gasteiger partial charge in [-0.3, -0.25) is 4.79 Å². The Hall–Kier alpha value is -2.80. The number of thioether (sulfide) groups is 1. The van der Waals surface area contributed by atoms with E-state index in [0.29, 0.717) is 16.9 Å². The Morgan fingerprint density at radius 3 is 2.61 bits per heavy atom. The molecular formula is C21H25N5OS. The highest BCUT2D eigenvalue weighted by Crippen LogP contribution is 2.27. The standard InChI is InChI=1S/C21H25N5OS/c1-4-15(3)17-7-5-6-8-18(17)23-19(27)13-28-21-25-24-20(26(21)22)16-11-9-14(2)10-12-16/h5-12,15H,4,13,22H2,1-3H3,(H,23,27). The average molecular weight is 396 g/mol. The molecule has 3 aromatic rings. The lowest BCUT2D eigenvalue weighted by Gasteiger charge is -2.15. The minimum Gasteiger partial charge on any atom is -0.335 e. The van der Waals surface area contributed by atoms with Gasteiger partial charge in [0.05, 0.1) is 5.75 Å². The number of hydrogen-bond acceptors (Lipinski definition) is 5. The molecule has 3 N–H and O–H groups in total. The molecule has 3 rings (SSSR count). The molecule has 0 saturated carbocycles. The van der Waals surface area contributed by atoms with E-state index in [0.717, 1.165) is 28.8 Å². The summed E-state index contributed by atoms with van der Waals surface area (Å²) in [4.78, 5) is 12.4. The molecule has 1 unspecified atom stereocenters. The summed E-state index contributed by atoms with van der Waals surface area (Å²) in [7, 11) is 0. The van der Waals surface area contributed by atoms with Gasteiger partial charge in [0.1, 0.15) is 0 Å². The van der Waals surface area contributed by atoms with Gasteiger partial charge in [-0.25, -0.2) is 4.68 Å². The Morgan fingerprint density at radius 2 is 1.89 bits per heavy atom. The molecule has 0 fully saturated rings. The number of nitrogens with one attached hydrogen (secondary N) is 1. The molecule has 0 saturated heterocycles. The van der Waals surface area contributed by atoms with Crippen LogP contribution in [0, 0.1) is 6.92 Å². The van der Waals surface area contributed by atoms with Gasteiger partial charge in [-0.2, -0.15) is 0 Å². The molecule has 1 heterocycles. The first-order valence-electron chi connectivity index (χ1n) is 9.28. The van der Waals surface area contributed by atoms with E-state index in [1.165, 1.54) is 16.4 Å². The van der Waals surface area contributed by atoms with Gasteiger partial charge < -0.3 is 11.2 Å². The van der Waals surface area contributed by atoms with Crippen LogP contribution in [0.5, 0.6) is 0 Å². The summed E-state index contributed by atoms with van der Waals surface area (Å²) in [5.41, 5.74) is 4.05. The van der Waals surface area contributed by atoms with E-state index in [-0.39, 0.29) is 11.7 Å². The average Bonchev–Trinajstić information content (AvgIpc) is 3.07. The molecule has 6 nitrogen and oxygen atoms in total. The topological polar surface area (TPSA) is 85.8 Å². The predicted molar refractivity (Wildman–Crippen MR) is 115 cm³/mol. The van der Waals surface area contributed by atoms with Crippen LogP contribution in [0.2, 0.25) is 0 Å². The van der Waals surface area contributed by atoms with Crippen LogP contribution < -0.4 is 11.2 Å². The zero-order valence-electron chi connectivity index (χ0n) is 16.3. The first kappa shape index (κ1) is 19.9. The lowest BCUT2D eigenvalue weighted by molar-refractivity contribution is -0.113. The third-order valence-corrected chi connectivity index (χ3v) is 5.63. The number of carbonyl (C=O) groups excluding carboxylic acids is 1. The van der Waals surface area contributed by atoms with Crippen molar-refractivity contribution in [2.75, 3.05) is 16.9 Å². The molecule has 1 amide bonds. The van der Waals surface area contributed by atoms with Gasteiger partial charge in [0.25, 0.3) is 0 Å². The van der Waals surface area contributed by atoms with Crippen molar-refractivity contribution in [2.24, 2.45) is 0 Å². The molecule has 7 heteroatoms. The Labute approximate surface area is 169 Å². The van der Waals surface area contributed by atoms with Crippen LogP contribution >= 0.6 is 11.8 Å². The number of anilines is 1. The fourth-order valence-corrected chi connectivity index (χ4v) is 3.51. The monoisotopic (exact) mass is 395 g/mol. The molecule has 0 spiro atoms. The zero-order chi connectivity index (χ0) is 20.1. The maximum absolute atomic E-state index is 12.4. The van der Waals surface area contributed by atoms with Crippen LogP contribution in [0.4, 0.5) is 5.69 Å². The van der Waals surface area contributed by atoms with Gasteiger partial charge in [-0.1, -0.05) is 73.6 Å². The van der Waals surface area contributed by atoms with Crippen molar-refractivity contribution in [3.63, 3.8) is 0 Å². The fraction of sp³-hybridized carbons (Fsp3) is 0.286. The van der Waals surface area contributed by atoms with Gasteiger partial charge >= 0.3 is 0 Å². The first-order valence-corrected chi connectivity index (χ1v) is 10.3. The maximum Gasteiger partial charge on any atom is 0.234 e. The third-order valence-electron chi connectivity index (χ3n) is 4.68. The van der Waals surface area contributed by atoms with E-state index in [4.69, 9.17) is 5.84 Å². The quantitative estimate of drug-likeness (QED) is 0.462. The van der Waals surface area contributed by atoms with Crippen LogP contribution in [-0.4, -0.2) is 26.5 Å². The SMILES string of the molecule is CCC(C)c1ccccc1NC(=O)CSc1nnc(-c2ccc(C)cc2)n1N. The predicted octanol–water partition coefficient (Wildman–Crippen LogP) is 4.21. The van der Waals surface area contributed by atoms with Crippen molar-refractivity contribution in [3.8, 4) is 11.4 Å². The number of benzene rings is 2. The number of aromatic nitrogens is 3. The van der Waals surface area contributed by atoms with Crippen LogP contribution in [-0.2, 0) is 4.79 Å². The number of nitrogens with two attached hydrogens (primary N) is 1. The number of para-hydroxylation sites is 1. The normalized spacial score (nSPS) is 12.0. The minimum absolute atomic E-state index is 0.0966. The van der Waals surface area contributed by atoms with Crippen LogP contribution in [0.25, 0.3) is 11.4 Å². The number of aryl methyl sites for hydroxylation is 1. The molecule has 2 aromatic carbocycles. The number of amides is 1. The molecule has 28 heavy (non-hydrogen) atoms. The highest BCUT2D eigenvalue weighted by atomic mass is 32.2. The van der Waals surface area contributed by atoms with Gasteiger partial charge in [0.2, 0.25) is 11.1 Å². The molecule has 0 aliphatic carbocycles. The molecule has 1 atom stereocenters. The van der Waals surface area contributed by atoms with Gasteiger partial charge in [-0.15, -0.1) is 10.2 Å². The maximum atomic E-state index is 12.4. The van der Waals surface area contributed by atoms with Crippen molar-refractivity contribution < 1.29 is 4.79 Å². The van der Waals surface area contributed by atoms with Crippen LogP contribution in [0.3, 0.4) is 0 Å². The van der Waals surface area contributed by atoms with E-state index < -0.39 is 0 Å². The minimum atomic E-state index is -0.0966. The molecule has 0 radical (unpaired) electrons. The number of hydrogen-bond donors (Lipinski definition) is 2. The second-order valence-corrected chi connectivity index (χ2v) is 7.72. The van der Waals surface area contributed by atoms with Crippen molar-refractivity contribution in [3.05, 3.63) is 59.7 Å². The molecule has 0 bridgehead atoms. The van der Waals surface area contributed by atoms with E-state index in [1.54, 1.807) is 0 Å². The number of rotatable bonds is 7. The number of nitrogens with zero attached hydrogens (tertiary/aromatic N) is 3. The highest BCUT2D eigenvalue weighted by Gasteiger charge is 2.15. The summed E-state index contributed by atoms with van der Waals surface area (Å²) in [5.74, 6) is 7.20. The summed E-state index contributed by atoms with van der Waals surface area (Å²) < 4.78 is 1.43. The summed E-state index contributed by atoms with van der Waals surface area (Å²) >= 11 is 1.27. The lowest BCUT2D eigenvalue weighted by atomic mass is 9.97. The second-order valence-electron chi connectivity index (χ2n) is 6.78. The summed E-state index contributed by atoms with van der Waals surface area (Å²) in [6, 6.07) is 15.8. The summed E-state index contributed by atoms with van der Waals surface area (Å²) in [5, 5.41) is 11.8. The van der Waals surface area contributed by atoms with E-state index in [9.17, 15) is 4.79 Å². The fourth-order valence-electron chi connectivity index (χ4n) is 2.85. The smallest absolute Gasteiger partial charge is 0.234 e. The van der Waals surface area contributed by atoms with Crippen molar-refractivity contribution in [1.29, 1.82) is 0 Å². The van der Waals surface area contributed by atoms with Crippen molar-refractivity contribution in [1.82, 2.24) is 14.9 Å². The van der Waals surface area contributed by atoms with Gasteiger partial charge in [-0.05, 0) is 30.9 Å². The Bertz CT molecular complexity index is 952. The second kappa shape index (κ2) is 8.93. The van der Waals surface area contributed by atoms with Crippen LogP contribution in [0.1, 0.15) is 37.3 Å². The summed E-state index contributed by atoms with van der Waals surface area (Å²) in [6.07, 6.45) is 1.01. The van der Waals surface area contributed by atoms with E-state index in [2.05, 4.69) is 35.4 Å².